The molecule has 0 saturated carbocycles. The van der Waals surface area contributed by atoms with Gasteiger partial charge in [-0.25, -0.2) is 9.97 Å². The fourth-order valence-corrected chi connectivity index (χ4v) is 3.67. The summed E-state index contributed by atoms with van der Waals surface area (Å²) in [5, 5.41) is 6.03. The van der Waals surface area contributed by atoms with E-state index in [2.05, 4.69) is 15.3 Å². The second-order valence-corrected chi connectivity index (χ2v) is 7.99. The molecule has 152 valence electrons. The van der Waals surface area contributed by atoms with E-state index in [1.807, 2.05) is 66.4 Å². The van der Waals surface area contributed by atoms with Gasteiger partial charge < -0.3 is 14.6 Å². The molecule has 30 heavy (non-hydrogen) atoms. The molecule has 2 aromatic heterocycles. The first-order chi connectivity index (χ1) is 14.6. The Labute approximate surface area is 179 Å². The molecule has 0 spiro atoms. The maximum absolute atomic E-state index is 12.7. The van der Waals surface area contributed by atoms with Crippen LogP contribution in [0.5, 0.6) is 5.75 Å². The zero-order valence-electron chi connectivity index (χ0n) is 16.8. The number of benzene rings is 2. The van der Waals surface area contributed by atoms with Gasteiger partial charge in [-0.3, -0.25) is 4.79 Å². The summed E-state index contributed by atoms with van der Waals surface area (Å²) < 4.78 is 7.73. The maximum Gasteiger partial charge on any atom is 0.251 e. The topological polar surface area (TPSA) is 69.0 Å². The number of ether oxygens (including phenoxy) is 1. The van der Waals surface area contributed by atoms with Gasteiger partial charge in [0.2, 0.25) is 0 Å². The molecule has 0 bridgehead atoms. The van der Waals surface area contributed by atoms with E-state index >= 15 is 0 Å². The molecule has 0 aliphatic heterocycles. The Bertz CT molecular complexity index is 1120. The molecule has 2 aromatic carbocycles. The minimum Gasteiger partial charge on any atom is -0.487 e. The molecule has 0 fully saturated rings. The van der Waals surface area contributed by atoms with Crippen molar-refractivity contribution in [1.29, 1.82) is 0 Å². The van der Waals surface area contributed by atoms with Gasteiger partial charge in [-0.2, -0.15) is 0 Å². The number of carbonyl (C=O) groups excluding carboxylic acids is 1. The molecule has 0 saturated heterocycles. The molecule has 2 heterocycles. The van der Waals surface area contributed by atoms with Crippen LogP contribution in [0.2, 0.25) is 0 Å². The molecule has 1 atom stereocenters. The zero-order chi connectivity index (χ0) is 20.9. The fraction of sp³-hybridized carbons (Fsp3) is 0.174. The molecule has 6 nitrogen and oxygen atoms in total. The van der Waals surface area contributed by atoms with Crippen LogP contribution in [0.1, 0.15) is 39.6 Å². The lowest BCUT2D eigenvalue weighted by Gasteiger charge is -2.15. The lowest BCUT2D eigenvalue weighted by molar-refractivity contribution is 0.0939. The summed E-state index contributed by atoms with van der Waals surface area (Å²) in [6.07, 6.45) is 5.39. The smallest absolute Gasteiger partial charge is 0.251 e. The van der Waals surface area contributed by atoms with Crippen molar-refractivity contribution in [2.45, 2.75) is 26.5 Å². The largest absolute Gasteiger partial charge is 0.487 e. The van der Waals surface area contributed by atoms with Gasteiger partial charge in [0.1, 0.15) is 12.4 Å². The van der Waals surface area contributed by atoms with Crippen LogP contribution in [0.3, 0.4) is 0 Å². The zero-order valence-corrected chi connectivity index (χ0v) is 17.6. The average molecular weight is 419 g/mol. The molecule has 4 rings (SSSR count). The highest BCUT2D eigenvalue weighted by molar-refractivity contribution is 7.09. The Morgan fingerprint density at radius 2 is 2.07 bits per heavy atom. The van der Waals surface area contributed by atoms with Crippen molar-refractivity contribution in [2.75, 3.05) is 0 Å². The maximum atomic E-state index is 12.7. The van der Waals surface area contributed by atoms with Crippen molar-refractivity contribution >= 4 is 17.2 Å². The Hall–Kier alpha value is -3.45. The highest BCUT2D eigenvalue weighted by atomic mass is 32.1. The van der Waals surface area contributed by atoms with Crippen LogP contribution in [-0.4, -0.2) is 20.4 Å². The molecular weight excluding hydrogens is 396 g/mol. The van der Waals surface area contributed by atoms with Gasteiger partial charge in [0.15, 0.2) is 0 Å². The molecule has 0 aliphatic rings. The SMILES string of the molecule is Cc1nc(COc2cccc(C(=O)N[C@H](C)c3ccc(-n4ccnc4)cc3)c2)cs1. The number of nitrogens with zero attached hydrogens (tertiary/aromatic N) is 3. The van der Waals surface area contributed by atoms with E-state index in [1.165, 1.54) is 0 Å². The van der Waals surface area contributed by atoms with Crippen molar-refractivity contribution in [1.82, 2.24) is 19.9 Å². The van der Waals surface area contributed by atoms with Crippen molar-refractivity contribution in [3.05, 3.63) is 94.5 Å². The molecule has 1 N–H and O–H groups in total. The Morgan fingerprint density at radius 1 is 1.23 bits per heavy atom. The van der Waals surface area contributed by atoms with Crippen molar-refractivity contribution in [3.63, 3.8) is 0 Å². The van der Waals surface area contributed by atoms with Gasteiger partial charge in [0, 0.05) is 29.0 Å². The minimum atomic E-state index is -0.142. The van der Waals surface area contributed by atoms with Gasteiger partial charge >= 0.3 is 0 Å². The quantitative estimate of drug-likeness (QED) is 0.472. The first-order valence-corrected chi connectivity index (χ1v) is 10.5. The highest BCUT2D eigenvalue weighted by Crippen LogP contribution is 2.19. The molecule has 0 aliphatic carbocycles. The van der Waals surface area contributed by atoms with Crippen LogP contribution in [0.25, 0.3) is 5.69 Å². The van der Waals surface area contributed by atoms with Crippen LogP contribution in [0.4, 0.5) is 0 Å². The van der Waals surface area contributed by atoms with Gasteiger partial charge in [-0.05, 0) is 49.7 Å². The summed E-state index contributed by atoms with van der Waals surface area (Å²) in [7, 11) is 0. The van der Waals surface area contributed by atoms with Gasteiger partial charge in [0.25, 0.3) is 5.91 Å². The Kier molecular flexibility index (Phi) is 5.90. The summed E-state index contributed by atoms with van der Waals surface area (Å²) in [5.41, 5.74) is 3.50. The highest BCUT2D eigenvalue weighted by Gasteiger charge is 2.13. The standard InChI is InChI=1S/C23H22N4O2S/c1-16(18-6-8-21(9-7-18)27-11-10-24-15-27)25-23(28)19-4-3-5-22(12-19)29-13-20-14-30-17(2)26-20/h3-12,14-16H,13H2,1-2H3,(H,25,28)/t16-/m1/s1. The van der Waals surface area contributed by atoms with E-state index in [9.17, 15) is 4.79 Å². The first-order valence-electron chi connectivity index (χ1n) is 9.61. The molecular formula is C23H22N4O2S. The minimum absolute atomic E-state index is 0.128. The van der Waals surface area contributed by atoms with E-state index in [0.29, 0.717) is 17.9 Å². The number of thiazole rings is 1. The lowest BCUT2D eigenvalue weighted by atomic mass is 10.1. The third-order valence-electron chi connectivity index (χ3n) is 4.69. The van der Waals surface area contributed by atoms with Crippen LogP contribution in [-0.2, 0) is 6.61 Å². The summed E-state index contributed by atoms with van der Waals surface area (Å²) >= 11 is 1.59. The number of hydrogen-bond acceptors (Lipinski definition) is 5. The monoisotopic (exact) mass is 418 g/mol. The summed E-state index contributed by atoms with van der Waals surface area (Å²) in [6, 6.07) is 15.1. The number of carbonyl (C=O) groups is 1. The summed E-state index contributed by atoms with van der Waals surface area (Å²) in [4.78, 5) is 21.2. The van der Waals surface area contributed by atoms with Crippen LogP contribution in [0.15, 0.2) is 72.6 Å². The molecule has 1 amide bonds. The number of amides is 1. The van der Waals surface area contributed by atoms with Crippen LogP contribution in [0, 0.1) is 6.92 Å². The number of aryl methyl sites for hydroxylation is 1. The summed E-state index contributed by atoms with van der Waals surface area (Å²) in [6.45, 7) is 4.32. The normalized spacial score (nSPS) is 11.8. The predicted octanol–water partition coefficient (Wildman–Crippen LogP) is 4.71. The van der Waals surface area contributed by atoms with Gasteiger partial charge in [0.05, 0.1) is 23.1 Å². The molecule has 0 unspecified atom stereocenters. The van der Waals surface area contributed by atoms with Crippen molar-refractivity contribution in [3.8, 4) is 11.4 Å². The molecule has 7 heteroatoms. The predicted molar refractivity (Wildman–Crippen MR) is 117 cm³/mol. The third kappa shape index (κ3) is 4.75. The van der Waals surface area contributed by atoms with E-state index < -0.39 is 0 Å². The fourth-order valence-electron chi connectivity index (χ4n) is 3.07. The van der Waals surface area contributed by atoms with Gasteiger partial charge in [-0.1, -0.05) is 18.2 Å². The van der Waals surface area contributed by atoms with E-state index in [0.717, 1.165) is 22.0 Å². The first kappa shape index (κ1) is 19.8. The van der Waals surface area contributed by atoms with Crippen LogP contribution >= 0.6 is 11.3 Å². The van der Waals surface area contributed by atoms with E-state index in [4.69, 9.17) is 4.74 Å². The Morgan fingerprint density at radius 3 is 2.77 bits per heavy atom. The number of aromatic nitrogens is 3. The second kappa shape index (κ2) is 8.92. The lowest BCUT2D eigenvalue weighted by Crippen LogP contribution is -2.26. The molecule has 0 radical (unpaired) electrons. The van der Waals surface area contributed by atoms with E-state index in [1.54, 1.807) is 36.0 Å². The second-order valence-electron chi connectivity index (χ2n) is 6.93. The average Bonchev–Trinajstić information content (AvgIpc) is 3.44. The molecule has 4 aromatic rings. The number of rotatable bonds is 7. The van der Waals surface area contributed by atoms with Crippen molar-refractivity contribution < 1.29 is 9.53 Å². The van der Waals surface area contributed by atoms with Gasteiger partial charge in [-0.15, -0.1) is 11.3 Å². The summed E-state index contributed by atoms with van der Waals surface area (Å²) in [5.74, 6) is 0.502. The van der Waals surface area contributed by atoms with E-state index in [-0.39, 0.29) is 11.9 Å². The van der Waals surface area contributed by atoms with Crippen LogP contribution < -0.4 is 10.1 Å². The van der Waals surface area contributed by atoms with Crippen molar-refractivity contribution in [2.24, 2.45) is 0 Å². The number of hydrogen-bond donors (Lipinski definition) is 1. The number of imidazole rings is 1. The third-order valence-corrected chi connectivity index (χ3v) is 5.52. The number of nitrogens with one attached hydrogen (secondary N) is 1. The Balaban J connectivity index is 1.38.